The van der Waals surface area contributed by atoms with Crippen molar-refractivity contribution in [2.75, 3.05) is 30.3 Å². The Morgan fingerprint density at radius 2 is 1.81 bits per heavy atom. The van der Waals surface area contributed by atoms with Gasteiger partial charge in [0.05, 0.1) is 4.70 Å². The maximum absolute atomic E-state index is 12.4. The molecule has 0 radical (unpaired) electrons. The molecular formula is C23H24N6OS. The second-order valence-electron chi connectivity index (χ2n) is 6.97. The number of amides is 1. The number of nitrogens with one attached hydrogen (secondary N) is 3. The number of pyridine rings is 2. The number of carbonyl (C=O) groups excluding carboxylic acids is 1. The molecule has 0 atom stereocenters. The van der Waals surface area contributed by atoms with Crippen LogP contribution in [0.25, 0.3) is 10.1 Å². The first-order chi connectivity index (χ1) is 15.3. The number of nitrogens with zero attached hydrogens (tertiary/aromatic N) is 3. The van der Waals surface area contributed by atoms with E-state index in [0.29, 0.717) is 24.6 Å². The van der Waals surface area contributed by atoms with Gasteiger partial charge in [0.1, 0.15) is 17.3 Å². The molecule has 4 rings (SSSR count). The fourth-order valence-electron chi connectivity index (χ4n) is 3.13. The Kier molecular flexibility index (Phi) is 7.02. The molecule has 0 aliphatic heterocycles. The number of carbonyl (C=O) groups is 1. The number of anilines is 2. The molecule has 0 bridgehead atoms. The molecule has 158 valence electrons. The molecule has 0 spiro atoms. The zero-order valence-corrected chi connectivity index (χ0v) is 17.9. The van der Waals surface area contributed by atoms with Crippen molar-refractivity contribution >= 4 is 39.2 Å². The first-order valence-electron chi connectivity index (χ1n) is 10.3. The second-order valence-corrected chi connectivity index (χ2v) is 7.77. The molecular weight excluding hydrogens is 408 g/mol. The van der Waals surface area contributed by atoms with Gasteiger partial charge in [0, 0.05) is 43.3 Å². The van der Waals surface area contributed by atoms with Crippen LogP contribution < -0.4 is 16.0 Å². The summed E-state index contributed by atoms with van der Waals surface area (Å²) in [5.74, 6) is 1.41. The minimum absolute atomic E-state index is 0.174. The van der Waals surface area contributed by atoms with Gasteiger partial charge in [-0.2, -0.15) is 4.37 Å². The maximum Gasteiger partial charge on any atom is 0.269 e. The maximum atomic E-state index is 12.4. The summed E-state index contributed by atoms with van der Waals surface area (Å²) in [6, 6.07) is 19.4. The van der Waals surface area contributed by atoms with E-state index < -0.39 is 0 Å². The molecule has 3 heterocycles. The van der Waals surface area contributed by atoms with Crippen LogP contribution in [0.5, 0.6) is 0 Å². The van der Waals surface area contributed by atoms with Crippen molar-refractivity contribution in [3.63, 3.8) is 0 Å². The van der Waals surface area contributed by atoms with Gasteiger partial charge in [-0.1, -0.05) is 24.3 Å². The second kappa shape index (κ2) is 10.5. The highest BCUT2D eigenvalue weighted by Gasteiger charge is 2.08. The van der Waals surface area contributed by atoms with Crippen LogP contribution in [0, 0.1) is 0 Å². The van der Waals surface area contributed by atoms with E-state index in [-0.39, 0.29) is 5.91 Å². The highest BCUT2D eigenvalue weighted by atomic mass is 32.1. The van der Waals surface area contributed by atoms with Crippen LogP contribution in [0.3, 0.4) is 0 Å². The zero-order valence-electron chi connectivity index (χ0n) is 17.0. The lowest BCUT2D eigenvalue weighted by Gasteiger charge is -2.08. The highest BCUT2D eigenvalue weighted by molar-refractivity contribution is 7.13. The highest BCUT2D eigenvalue weighted by Crippen LogP contribution is 2.25. The number of aromatic nitrogens is 3. The predicted octanol–water partition coefficient (Wildman–Crippen LogP) is 3.97. The summed E-state index contributed by atoms with van der Waals surface area (Å²) in [6.45, 7) is 2.00. The van der Waals surface area contributed by atoms with Crippen molar-refractivity contribution < 1.29 is 4.79 Å². The molecule has 0 aliphatic carbocycles. The third-order valence-corrected chi connectivity index (χ3v) is 5.53. The number of rotatable bonds is 10. The van der Waals surface area contributed by atoms with Gasteiger partial charge in [0.15, 0.2) is 0 Å². The normalized spacial score (nSPS) is 10.7. The van der Waals surface area contributed by atoms with Crippen LogP contribution in [0.2, 0.25) is 0 Å². The summed E-state index contributed by atoms with van der Waals surface area (Å²) >= 11 is 1.49. The molecule has 0 aliphatic rings. The summed E-state index contributed by atoms with van der Waals surface area (Å²) in [6.07, 6.45) is 3.37. The molecule has 4 aromatic rings. The molecule has 0 saturated carbocycles. The number of benzene rings is 1. The summed E-state index contributed by atoms with van der Waals surface area (Å²) in [5.41, 5.74) is 1.42. The van der Waals surface area contributed by atoms with Crippen molar-refractivity contribution in [2.45, 2.75) is 12.8 Å². The van der Waals surface area contributed by atoms with E-state index in [9.17, 15) is 4.79 Å². The number of fused-ring (bicyclic) bond motifs is 1. The van der Waals surface area contributed by atoms with E-state index in [2.05, 4.69) is 42.4 Å². The predicted molar refractivity (Wildman–Crippen MR) is 126 cm³/mol. The molecule has 1 aromatic carbocycles. The third kappa shape index (κ3) is 5.76. The van der Waals surface area contributed by atoms with Crippen molar-refractivity contribution in [1.82, 2.24) is 19.7 Å². The van der Waals surface area contributed by atoms with Gasteiger partial charge < -0.3 is 16.0 Å². The van der Waals surface area contributed by atoms with Gasteiger partial charge in [-0.15, -0.1) is 0 Å². The van der Waals surface area contributed by atoms with Crippen LogP contribution in [0.1, 0.15) is 22.6 Å². The van der Waals surface area contributed by atoms with Crippen LogP contribution in [0.4, 0.5) is 11.6 Å². The Bertz CT molecular complexity index is 1130. The quantitative estimate of drug-likeness (QED) is 0.329. The van der Waals surface area contributed by atoms with Gasteiger partial charge in [0.25, 0.3) is 5.91 Å². The fraction of sp³-hybridized carbons (Fsp3) is 0.217. The molecule has 7 nitrogen and oxygen atoms in total. The lowest BCUT2D eigenvalue weighted by Crippen LogP contribution is -2.26. The Morgan fingerprint density at radius 3 is 2.71 bits per heavy atom. The summed E-state index contributed by atoms with van der Waals surface area (Å²) in [4.78, 5) is 21.1. The summed E-state index contributed by atoms with van der Waals surface area (Å²) in [7, 11) is 0. The molecule has 0 saturated heterocycles. The molecule has 3 N–H and O–H groups in total. The molecule has 8 heteroatoms. The fourth-order valence-corrected chi connectivity index (χ4v) is 3.88. The Labute approximate surface area is 185 Å². The van der Waals surface area contributed by atoms with Crippen molar-refractivity contribution in [3.05, 3.63) is 78.2 Å². The molecule has 0 fully saturated rings. The summed E-state index contributed by atoms with van der Waals surface area (Å²) < 4.78 is 5.62. The lowest BCUT2D eigenvalue weighted by atomic mass is 10.2. The van der Waals surface area contributed by atoms with Crippen molar-refractivity contribution in [1.29, 1.82) is 0 Å². The lowest BCUT2D eigenvalue weighted by molar-refractivity contribution is 0.0948. The first-order valence-corrected chi connectivity index (χ1v) is 11.0. The van der Waals surface area contributed by atoms with E-state index in [1.807, 2.05) is 42.5 Å². The van der Waals surface area contributed by atoms with E-state index in [1.165, 1.54) is 11.5 Å². The molecule has 1 amide bonds. The third-order valence-electron chi connectivity index (χ3n) is 4.70. The molecule has 0 unspecified atom stereocenters. The van der Waals surface area contributed by atoms with Gasteiger partial charge >= 0.3 is 0 Å². The minimum atomic E-state index is -0.174. The number of hydrogen-bond acceptors (Lipinski definition) is 7. The Balaban J connectivity index is 1.19. The van der Waals surface area contributed by atoms with Gasteiger partial charge in [-0.25, -0.2) is 4.98 Å². The first kappa shape index (κ1) is 20.7. The van der Waals surface area contributed by atoms with Gasteiger partial charge in [-0.05, 0) is 54.4 Å². The topological polar surface area (TPSA) is 91.8 Å². The van der Waals surface area contributed by atoms with E-state index in [1.54, 1.807) is 12.3 Å². The van der Waals surface area contributed by atoms with Gasteiger partial charge in [-0.3, -0.25) is 9.78 Å². The number of hydrogen-bond donors (Lipinski definition) is 3. The van der Waals surface area contributed by atoms with Crippen LogP contribution in [0.15, 0.2) is 66.9 Å². The van der Waals surface area contributed by atoms with Crippen molar-refractivity contribution in [3.8, 4) is 0 Å². The Morgan fingerprint density at radius 1 is 0.903 bits per heavy atom. The minimum Gasteiger partial charge on any atom is -0.370 e. The average molecular weight is 433 g/mol. The van der Waals surface area contributed by atoms with E-state index >= 15 is 0 Å². The molecule has 3 aromatic heterocycles. The van der Waals surface area contributed by atoms with Gasteiger partial charge in [0.2, 0.25) is 0 Å². The van der Waals surface area contributed by atoms with Crippen molar-refractivity contribution in [2.24, 2.45) is 0 Å². The monoisotopic (exact) mass is 432 g/mol. The Hall–Kier alpha value is -3.52. The molecule has 31 heavy (non-hydrogen) atoms. The largest absolute Gasteiger partial charge is 0.370 e. The SMILES string of the molecule is O=C(NCCCNc1nsc2ccccc12)c1cccc(NCCc2ccccn2)n1. The standard InChI is InChI=1S/C23H24N6OS/c30-23(27-15-6-14-26-22-18-8-1-2-10-20(18)31-29-22)19-9-5-11-21(28-19)25-16-12-17-7-3-4-13-24-17/h1-5,7-11,13H,6,12,14-16H2,(H,25,28)(H,26,29)(H,27,30). The summed E-state index contributed by atoms with van der Waals surface area (Å²) in [5, 5.41) is 10.7. The average Bonchev–Trinajstić information content (AvgIpc) is 3.23. The van der Waals surface area contributed by atoms with Crippen LogP contribution in [-0.2, 0) is 6.42 Å². The smallest absolute Gasteiger partial charge is 0.269 e. The van der Waals surface area contributed by atoms with E-state index in [4.69, 9.17) is 0 Å². The van der Waals surface area contributed by atoms with Crippen LogP contribution in [-0.4, -0.2) is 39.9 Å². The van der Waals surface area contributed by atoms with E-state index in [0.717, 1.165) is 41.0 Å². The zero-order chi connectivity index (χ0) is 21.3. The van der Waals surface area contributed by atoms with Crippen LogP contribution >= 0.6 is 11.5 Å².